The Hall–Kier alpha value is -6.03. The molecule has 13 heteroatoms. The first-order chi connectivity index (χ1) is 22.7. The molecule has 234 valence electrons. The number of benzene rings is 3. The predicted molar refractivity (Wildman–Crippen MR) is 162 cm³/mol. The van der Waals surface area contributed by atoms with E-state index >= 15 is 8.78 Å². The molecule has 3 aromatic heterocycles. The first kappa shape index (κ1) is 29.7. The van der Waals surface area contributed by atoms with Crippen molar-refractivity contribution in [1.82, 2.24) is 29.5 Å². The zero-order valence-corrected chi connectivity index (χ0v) is 24.6. The minimum Gasteiger partial charge on any atom is -0.478 e. The first-order valence-electron chi connectivity index (χ1n) is 14.6. The van der Waals surface area contributed by atoms with Crippen molar-refractivity contribution >= 4 is 17.0 Å². The molecule has 0 radical (unpaired) electrons. The van der Waals surface area contributed by atoms with Gasteiger partial charge >= 0.3 is 5.97 Å². The van der Waals surface area contributed by atoms with Gasteiger partial charge in [-0.25, -0.2) is 32.6 Å². The summed E-state index contributed by atoms with van der Waals surface area (Å²) in [4.78, 5) is 20.7. The molecule has 3 aromatic carbocycles. The highest BCUT2D eigenvalue weighted by Gasteiger charge is 2.46. The van der Waals surface area contributed by atoms with Crippen LogP contribution in [0.4, 0.5) is 13.2 Å². The molecule has 0 spiro atoms. The second-order valence-corrected chi connectivity index (χ2v) is 11.4. The Labute approximate surface area is 265 Å². The minimum atomic E-state index is -1.09. The van der Waals surface area contributed by atoms with Crippen LogP contribution in [0.15, 0.2) is 79.1 Å². The molecular weight excluding hydrogens is 611 g/mol. The van der Waals surface area contributed by atoms with E-state index in [1.807, 2.05) is 10.6 Å². The van der Waals surface area contributed by atoms with Gasteiger partial charge in [0.2, 0.25) is 5.88 Å². The molecule has 0 unspecified atom stereocenters. The number of carboxylic acid groups (broad SMARTS) is 1. The second-order valence-electron chi connectivity index (χ2n) is 11.4. The van der Waals surface area contributed by atoms with E-state index in [4.69, 9.17) is 15.0 Å². The van der Waals surface area contributed by atoms with Crippen LogP contribution in [0.5, 0.6) is 5.88 Å². The Morgan fingerprint density at radius 1 is 0.979 bits per heavy atom. The van der Waals surface area contributed by atoms with Gasteiger partial charge in [-0.15, -0.1) is 5.10 Å². The molecule has 0 aliphatic heterocycles. The van der Waals surface area contributed by atoms with Crippen molar-refractivity contribution in [3.63, 3.8) is 0 Å². The number of ether oxygens (including phenoxy) is 1. The molecule has 10 nitrogen and oxygen atoms in total. The molecule has 47 heavy (non-hydrogen) atoms. The van der Waals surface area contributed by atoms with Crippen molar-refractivity contribution in [2.45, 2.75) is 38.0 Å². The average molecular weight is 636 g/mol. The summed E-state index contributed by atoms with van der Waals surface area (Å²) in [7, 11) is 0. The lowest BCUT2D eigenvalue weighted by molar-refractivity contribution is 0.0697. The normalized spacial score (nSPS) is 13.4. The van der Waals surface area contributed by atoms with E-state index in [0.717, 1.165) is 31.0 Å². The van der Waals surface area contributed by atoms with E-state index in [1.54, 1.807) is 29.2 Å². The van der Waals surface area contributed by atoms with E-state index in [0.29, 0.717) is 23.4 Å². The predicted octanol–water partition coefficient (Wildman–Crippen LogP) is 6.04. The number of carboxylic acids is 1. The highest BCUT2D eigenvalue weighted by atomic mass is 19.1. The molecule has 3 heterocycles. The molecule has 0 atom stereocenters. The van der Waals surface area contributed by atoms with Crippen LogP contribution in [0.25, 0.3) is 22.3 Å². The minimum absolute atomic E-state index is 0.0514. The monoisotopic (exact) mass is 635 g/mol. The smallest absolute Gasteiger partial charge is 0.335 e. The fourth-order valence-corrected chi connectivity index (χ4v) is 5.60. The van der Waals surface area contributed by atoms with Gasteiger partial charge in [0.1, 0.15) is 29.9 Å². The summed E-state index contributed by atoms with van der Waals surface area (Å²) < 4.78 is 54.8. The fraction of sp³-hybridized carbons (Fsp3) is 0.176. The summed E-state index contributed by atoms with van der Waals surface area (Å²) >= 11 is 0. The molecule has 0 bridgehead atoms. The van der Waals surface area contributed by atoms with Gasteiger partial charge < -0.3 is 14.4 Å². The molecule has 6 aromatic rings. The molecule has 1 aliphatic rings. The van der Waals surface area contributed by atoms with Crippen LogP contribution in [0.1, 0.15) is 45.7 Å². The van der Waals surface area contributed by atoms with Crippen molar-refractivity contribution in [2.24, 2.45) is 0 Å². The van der Waals surface area contributed by atoms with Gasteiger partial charge in [-0.3, -0.25) is 0 Å². The second kappa shape index (κ2) is 11.7. The molecule has 1 saturated carbocycles. The Bertz CT molecular complexity index is 2210. The van der Waals surface area contributed by atoms with E-state index in [9.17, 15) is 14.3 Å². The maximum Gasteiger partial charge on any atom is 0.335 e. The molecule has 1 fully saturated rings. The van der Waals surface area contributed by atoms with Crippen molar-refractivity contribution in [1.29, 1.82) is 5.26 Å². The van der Waals surface area contributed by atoms with Crippen molar-refractivity contribution < 1.29 is 27.8 Å². The van der Waals surface area contributed by atoms with Crippen LogP contribution >= 0.6 is 0 Å². The summed E-state index contributed by atoms with van der Waals surface area (Å²) in [5.74, 6) is -2.59. The Morgan fingerprint density at radius 2 is 1.81 bits per heavy atom. The summed E-state index contributed by atoms with van der Waals surface area (Å²) in [6.45, 7) is 0.202. The van der Waals surface area contributed by atoms with Crippen molar-refractivity contribution in [2.75, 3.05) is 0 Å². The quantitative estimate of drug-likeness (QED) is 0.193. The molecule has 0 saturated heterocycles. The van der Waals surface area contributed by atoms with Crippen molar-refractivity contribution in [3.8, 4) is 23.2 Å². The fourth-order valence-electron chi connectivity index (χ4n) is 5.60. The van der Waals surface area contributed by atoms with Crippen LogP contribution in [-0.2, 0) is 25.1 Å². The number of fused-ring (bicyclic) bond motifs is 1. The van der Waals surface area contributed by atoms with Crippen molar-refractivity contribution in [3.05, 3.63) is 125 Å². The number of carbonyl (C=O) groups is 1. The maximum atomic E-state index is 15.7. The maximum absolute atomic E-state index is 15.7. The lowest BCUT2D eigenvalue weighted by Gasteiger charge is -2.19. The SMILES string of the molecule is N#Cc1ccc(COc2cccc(-c3cc(F)c(Cc4nc5ccc(C(=O)O)cc5n4CC4(n5ccnn5)CC4)cc3F)n2)c(F)c1. The summed E-state index contributed by atoms with van der Waals surface area (Å²) in [5, 5.41) is 26.6. The number of nitriles is 1. The number of rotatable bonds is 10. The Kier molecular flexibility index (Phi) is 7.40. The van der Waals surface area contributed by atoms with Gasteiger partial charge in [-0.05, 0) is 66.9 Å². The van der Waals surface area contributed by atoms with Crippen LogP contribution in [-0.4, -0.2) is 40.6 Å². The number of hydrogen-bond donors (Lipinski definition) is 1. The lowest BCUT2D eigenvalue weighted by atomic mass is 10.0. The molecular formula is C34H24F3N7O3. The van der Waals surface area contributed by atoms with Crippen LogP contribution < -0.4 is 4.74 Å². The highest BCUT2D eigenvalue weighted by Crippen LogP contribution is 2.45. The zero-order chi connectivity index (χ0) is 32.7. The van der Waals surface area contributed by atoms with Crippen LogP contribution in [0.2, 0.25) is 0 Å². The number of hydrogen-bond acceptors (Lipinski definition) is 7. The summed E-state index contributed by atoms with van der Waals surface area (Å²) in [5.41, 5.74) is 1.23. The topological polar surface area (TPSA) is 132 Å². The van der Waals surface area contributed by atoms with E-state index < -0.39 is 29.0 Å². The number of halogens is 3. The first-order valence-corrected chi connectivity index (χ1v) is 14.6. The zero-order valence-electron chi connectivity index (χ0n) is 24.6. The Balaban J connectivity index is 1.18. The molecule has 1 N–H and O–H groups in total. The molecule has 7 rings (SSSR count). The standard InChI is InChI=1S/C34H24F3N7O3/c35-25-12-20(17-38)4-5-22(25)18-47-32-3-1-2-28(41-32)24-16-26(36)23(13-27(24)37)15-31-40-29-7-6-21(33(45)46)14-30(29)43(31)19-34(8-9-34)44-11-10-39-42-44/h1-7,10-14,16H,8-9,15,18-19H2,(H,45,46). The third kappa shape index (κ3) is 5.77. The summed E-state index contributed by atoms with van der Waals surface area (Å²) in [6.07, 6.45) is 4.90. The van der Waals surface area contributed by atoms with Crippen LogP contribution in [0.3, 0.4) is 0 Å². The van der Waals surface area contributed by atoms with Crippen LogP contribution in [0, 0.1) is 28.8 Å². The van der Waals surface area contributed by atoms with Gasteiger partial charge in [0, 0.05) is 36.4 Å². The summed E-state index contributed by atoms with van der Waals surface area (Å²) in [6, 6.07) is 17.2. The lowest BCUT2D eigenvalue weighted by Crippen LogP contribution is -2.25. The van der Waals surface area contributed by atoms with E-state index in [-0.39, 0.29) is 52.4 Å². The molecule has 1 aliphatic carbocycles. The van der Waals surface area contributed by atoms with E-state index in [2.05, 4.69) is 15.3 Å². The van der Waals surface area contributed by atoms with Gasteiger partial charge in [0.15, 0.2) is 0 Å². The number of aromatic nitrogens is 6. The largest absolute Gasteiger partial charge is 0.478 e. The van der Waals surface area contributed by atoms with Gasteiger partial charge in [0.05, 0.1) is 45.7 Å². The van der Waals surface area contributed by atoms with E-state index in [1.165, 1.54) is 36.4 Å². The number of nitrogens with zero attached hydrogens (tertiary/aromatic N) is 7. The highest BCUT2D eigenvalue weighted by molar-refractivity contribution is 5.92. The average Bonchev–Trinajstić information content (AvgIpc) is 3.47. The number of imidazole rings is 1. The van der Waals surface area contributed by atoms with Gasteiger partial charge in [0.25, 0.3) is 0 Å². The Morgan fingerprint density at radius 3 is 2.53 bits per heavy atom. The number of aromatic carboxylic acids is 1. The molecule has 0 amide bonds. The third-order valence-electron chi connectivity index (χ3n) is 8.30. The number of pyridine rings is 1. The third-order valence-corrected chi connectivity index (χ3v) is 8.30. The van der Waals surface area contributed by atoms with Gasteiger partial charge in [-0.2, -0.15) is 5.26 Å². The van der Waals surface area contributed by atoms with Gasteiger partial charge in [-0.1, -0.05) is 17.3 Å².